The van der Waals surface area contributed by atoms with Gasteiger partial charge in [-0.25, -0.2) is 13.1 Å². The highest BCUT2D eigenvalue weighted by molar-refractivity contribution is 7.88. The van der Waals surface area contributed by atoms with Crippen LogP contribution in [0.25, 0.3) is 0 Å². The van der Waals surface area contributed by atoms with Crippen LogP contribution in [0.5, 0.6) is 0 Å². The molecule has 8 nitrogen and oxygen atoms in total. The van der Waals surface area contributed by atoms with E-state index in [2.05, 4.69) is 15.0 Å². The highest BCUT2D eigenvalue weighted by Crippen LogP contribution is 2.18. The molecular formula is C14H19N3O5S. The molecule has 9 heteroatoms. The molecule has 1 amide bonds. The zero-order chi connectivity index (χ0) is 17.0. The van der Waals surface area contributed by atoms with Crippen molar-refractivity contribution < 1.29 is 18.0 Å². The second-order valence-corrected chi connectivity index (χ2v) is 7.29. The first kappa shape index (κ1) is 17.4. The number of sulfonamides is 1. The standard InChI is InChI=1S/C14H19N3O5S/c1-23(21,22)16-7-3-6-15-13(19)10-8-9-11(17-14(10)20)4-2-5-12(9)18/h8,16H,2-7H2,1H3,(H,15,19)(H,17,20). The molecule has 0 spiro atoms. The van der Waals surface area contributed by atoms with Gasteiger partial charge in [-0.2, -0.15) is 0 Å². The minimum Gasteiger partial charge on any atom is -0.352 e. The highest BCUT2D eigenvalue weighted by atomic mass is 32.2. The van der Waals surface area contributed by atoms with Crippen molar-refractivity contribution in [2.45, 2.75) is 25.7 Å². The van der Waals surface area contributed by atoms with E-state index in [9.17, 15) is 22.8 Å². The van der Waals surface area contributed by atoms with Gasteiger partial charge in [0.05, 0.1) is 6.26 Å². The number of carbonyl (C=O) groups is 2. The molecule has 0 aliphatic heterocycles. The predicted molar refractivity (Wildman–Crippen MR) is 84.1 cm³/mol. The van der Waals surface area contributed by atoms with E-state index < -0.39 is 21.5 Å². The van der Waals surface area contributed by atoms with Crippen LogP contribution < -0.4 is 15.6 Å². The molecule has 1 aliphatic rings. The summed E-state index contributed by atoms with van der Waals surface area (Å²) in [5.74, 6) is -0.652. The molecule has 0 unspecified atom stereocenters. The second-order valence-electron chi connectivity index (χ2n) is 5.46. The second kappa shape index (κ2) is 7.05. The number of Topliss-reactive ketones (excluding diaryl/α,β-unsaturated/α-hetero) is 1. The van der Waals surface area contributed by atoms with Gasteiger partial charge in [0.15, 0.2) is 5.78 Å². The maximum atomic E-state index is 12.0. The van der Waals surface area contributed by atoms with Gasteiger partial charge in [-0.1, -0.05) is 0 Å². The SMILES string of the molecule is CS(=O)(=O)NCCCNC(=O)c1cc2c([nH]c1=O)CCCC2=O. The number of carbonyl (C=O) groups excluding carboxylic acids is 2. The number of fused-ring (bicyclic) bond motifs is 1. The number of ketones is 1. The van der Waals surface area contributed by atoms with Crippen LogP contribution in [0.3, 0.4) is 0 Å². The summed E-state index contributed by atoms with van der Waals surface area (Å²) in [5.41, 5.74) is 0.361. The Balaban J connectivity index is 1.99. The van der Waals surface area contributed by atoms with E-state index in [0.29, 0.717) is 36.9 Å². The average Bonchev–Trinajstić information content (AvgIpc) is 2.45. The van der Waals surface area contributed by atoms with Crippen LogP contribution in [0, 0.1) is 0 Å². The highest BCUT2D eigenvalue weighted by Gasteiger charge is 2.21. The Morgan fingerprint density at radius 2 is 2.00 bits per heavy atom. The van der Waals surface area contributed by atoms with Gasteiger partial charge in [0.25, 0.3) is 11.5 Å². The average molecular weight is 341 g/mol. The Hall–Kier alpha value is -2.00. The van der Waals surface area contributed by atoms with Gasteiger partial charge in [0.1, 0.15) is 5.56 Å². The first-order valence-corrected chi connectivity index (χ1v) is 9.19. The summed E-state index contributed by atoms with van der Waals surface area (Å²) in [5, 5.41) is 2.54. The molecular weight excluding hydrogens is 322 g/mol. The summed E-state index contributed by atoms with van der Waals surface area (Å²) in [6.45, 7) is 0.407. The fraction of sp³-hybridized carbons (Fsp3) is 0.500. The van der Waals surface area contributed by atoms with Gasteiger partial charge < -0.3 is 10.3 Å². The Bertz CT molecular complexity index is 782. The molecule has 0 bridgehead atoms. The zero-order valence-corrected chi connectivity index (χ0v) is 13.6. The van der Waals surface area contributed by atoms with Crippen molar-refractivity contribution in [2.24, 2.45) is 0 Å². The molecule has 0 saturated heterocycles. The Morgan fingerprint density at radius 3 is 2.70 bits per heavy atom. The lowest BCUT2D eigenvalue weighted by Crippen LogP contribution is -2.33. The van der Waals surface area contributed by atoms with E-state index in [4.69, 9.17) is 0 Å². The molecule has 1 aromatic rings. The third-order valence-corrected chi connectivity index (χ3v) is 4.23. The number of hydrogen-bond donors (Lipinski definition) is 3. The number of nitrogens with one attached hydrogen (secondary N) is 3. The van der Waals surface area contributed by atoms with E-state index in [1.165, 1.54) is 6.07 Å². The topological polar surface area (TPSA) is 125 Å². The minimum atomic E-state index is -3.26. The Morgan fingerprint density at radius 1 is 1.26 bits per heavy atom. The van der Waals surface area contributed by atoms with Crippen molar-refractivity contribution >= 4 is 21.7 Å². The van der Waals surface area contributed by atoms with Crippen molar-refractivity contribution in [3.8, 4) is 0 Å². The third-order valence-electron chi connectivity index (χ3n) is 3.50. The van der Waals surface area contributed by atoms with Crippen LogP contribution in [0.4, 0.5) is 0 Å². The quantitative estimate of drug-likeness (QED) is 0.605. The maximum Gasteiger partial charge on any atom is 0.261 e. The maximum absolute atomic E-state index is 12.0. The fourth-order valence-electron chi connectivity index (χ4n) is 2.39. The lowest BCUT2D eigenvalue weighted by atomic mass is 9.93. The molecule has 0 radical (unpaired) electrons. The molecule has 1 aromatic heterocycles. The first-order chi connectivity index (χ1) is 10.8. The van der Waals surface area contributed by atoms with Gasteiger partial charge in [-0.15, -0.1) is 0 Å². The van der Waals surface area contributed by atoms with Crippen LogP contribution in [0.2, 0.25) is 0 Å². The third kappa shape index (κ3) is 4.73. The number of H-pyrrole nitrogens is 1. The molecule has 0 atom stereocenters. The lowest BCUT2D eigenvalue weighted by molar-refractivity contribution is 0.0952. The number of aromatic amines is 1. The van der Waals surface area contributed by atoms with Crippen molar-refractivity contribution in [2.75, 3.05) is 19.3 Å². The zero-order valence-electron chi connectivity index (χ0n) is 12.8. The van der Waals surface area contributed by atoms with E-state index in [1.54, 1.807) is 0 Å². The Labute approximate surface area is 133 Å². The molecule has 0 saturated carbocycles. The van der Waals surface area contributed by atoms with Crippen LogP contribution in [0.15, 0.2) is 10.9 Å². The van der Waals surface area contributed by atoms with E-state index in [0.717, 1.165) is 6.26 Å². The van der Waals surface area contributed by atoms with Crippen LogP contribution in [-0.4, -0.2) is 44.4 Å². The number of amides is 1. The molecule has 0 fully saturated rings. The largest absolute Gasteiger partial charge is 0.352 e. The van der Waals surface area contributed by atoms with Crippen molar-refractivity contribution in [1.82, 2.24) is 15.0 Å². The predicted octanol–water partition coefficient (Wildman–Crippen LogP) is -0.437. The molecule has 2 rings (SSSR count). The van der Waals surface area contributed by atoms with Crippen molar-refractivity contribution in [3.63, 3.8) is 0 Å². The molecule has 3 N–H and O–H groups in total. The summed E-state index contributed by atoms with van der Waals surface area (Å²) < 4.78 is 24.1. The summed E-state index contributed by atoms with van der Waals surface area (Å²) in [6.07, 6.45) is 3.17. The van der Waals surface area contributed by atoms with Crippen LogP contribution in [0.1, 0.15) is 45.7 Å². The smallest absolute Gasteiger partial charge is 0.261 e. The van der Waals surface area contributed by atoms with Crippen LogP contribution >= 0.6 is 0 Å². The number of pyridine rings is 1. The van der Waals surface area contributed by atoms with Crippen molar-refractivity contribution in [3.05, 3.63) is 33.2 Å². The van der Waals surface area contributed by atoms with Gasteiger partial charge in [-0.3, -0.25) is 14.4 Å². The summed E-state index contributed by atoms with van der Waals surface area (Å²) in [6, 6.07) is 1.35. The first-order valence-electron chi connectivity index (χ1n) is 7.30. The lowest BCUT2D eigenvalue weighted by Gasteiger charge is -2.15. The number of hydrogen-bond acceptors (Lipinski definition) is 5. The molecule has 1 aliphatic carbocycles. The Kier molecular flexibility index (Phi) is 5.32. The normalized spacial score (nSPS) is 14.4. The van der Waals surface area contributed by atoms with E-state index >= 15 is 0 Å². The molecule has 126 valence electrons. The van der Waals surface area contributed by atoms with Gasteiger partial charge in [-0.05, 0) is 25.3 Å². The van der Waals surface area contributed by atoms with Gasteiger partial charge in [0, 0.05) is 30.8 Å². The summed E-state index contributed by atoms with van der Waals surface area (Å²) in [7, 11) is -3.26. The van der Waals surface area contributed by atoms with Crippen molar-refractivity contribution in [1.29, 1.82) is 0 Å². The summed E-state index contributed by atoms with van der Waals surface area (Å²) in [4.78, 5) is 38.4. The fourth-order valence-corrected chi connectivity index (χ4v) is 2.90. The monoisotopic (exact) mass is 341 g/mol. The molecule has 23 heavy (non-hydrogen) atoms. The molecule has 1 heterocycles. The number of rotatable bonds is 6. The van der Waals surface area contributed by atoms with Gasteiger partial charge >= 0.3 is 0 Å². The van der Waals surface area contributed by atoms with E-state index in [-0.39, 0.29) is 24.4 Å². The number of aromatic nitrogens is 1. The van der Waals surface area contributed by atoms with E-state index in [1.807, 2.05) is 0 Å². The minimum absolute atomic E-state index is 0.0751. The van der Waals surface area contributed by atoms with Crippen LogP contribution in [-0.2, 0) is 16.4 Å². The van der Waals surface area contributed by atoms with Gasteiger partial charge in [0.2, 0.25) is 10.0 Å². The summed E-state index contributed by atoms with van der Waals surface area (Å²) >= 11 is 0. The molecule has 0 aromatic carbocycles. The number of aryl methyl sites for hydroxylation is 1.